The topological polar surface area (TPSA) is 34.9 Å². The molecule has 1 aliphatic carbocycles. The Morgan fingerprint density at radius 2 is 2.18 bits per heavy atom. The van der Waals surface area contributed by atoms with E-state index in [0.29, 0.717) is 23.5 Å². The van der Waals surface area contributed by atoms with Gasteiger partial charge in [0, 0.05) is 17.7 Å². The van der Waals surface area contributed by atoms with Crippen molar-refractivity contribution in [2.45, 2.75) is 18.8 Å². The molecule has 17 heavy (non-hydrogen) atoms. The number of aldehydes is 1. The lowest BCUT2D eigenvalue weighted by molar-refractivity contribution is 0.112. The summed E-state index contributed by atoms with van der Waals surface area (Å²) in [5.41, 5.74) is 1.73. The van der Waals surface area contributed by atoms with Crippen LogP contribution in [0.5, 0.6) is 0 Å². The summed E-state index contributed by atoms with van der Waals surface area (Å²) in [5, 5.41) is 4.35. The van der Waals surface area contributed by atoms with Gasteiger partial charge in [-0.25, -0.2) is 9.07 Å². The van der Waals surface area contributed by atoms with Crippen molar-refractivity contribution in [1.29, 1.82) is 0 Å². The molecule has 0 amide bonds. The maximum absolute atomic E-state index is 13.7. The predicted octanol–water partition coefficient (Wildman–Crippen LogP) is 2.70. The maximum Gasteiger partial charge on any atom is 0.150 e. The fourth-order valence-electron chi connectivity index (χ4n) is 1.85. The standard InChI is InChI=1S/C13H11FN2O/c14-11-7-9(8-17)1-4-13(11)16-6-5-12(15-16)10-2-3-10/h1,4-8,10H,2-3H2. The Hall–Kier alpha value is -1.97. The summed E-state index contributed by atoms with van der Waals surface area (Å²) < 4.78 is 15.3. The molecule has 0 unspecified atom stereocenters. The quantitative estimate of drug-likeness (QED) is 0.760. The van der Waals surface area contributed by atoms with Gasteiger partial charge in [0.15, 0.2) is 0 Å². The monoisotopic (exact) mass is 230 g/mol. The van der Waals surface area contributed by atoms with Gasteiger partial charge in [-0.2, -0.15) is 5.10 Å². The first kappa shape index (κ1) is 10.2. The number of aromatic nitrogens is 2. The first-order valence-electron chi connectivity index (χ1n) is 5.58. The van der Waals surface area contributed by atoms with E-state index in [1.54, 1.807) is 18.3 Å². The number of hydrogen-bond acceptors (Lipinski definition) is 2. The SMILES string of the molecule is O=Cc1ccc(-n2ccc(C3CC3)n2)c(F)c1. The molecule has 0 spiro atoms. The molecule has 3 nitrogen and oxygen atoms in total. The van der Waals surface area contributed by atoms with E-state index in [4.69, 9.17) is 0 Å². The van der Waals surface area contributed by atoms with Crippen LogP contribution in [-0.4, -0.2) is 16.1 Å². The van der Waals surface area contributed by atoms with Gasteiger partial charge in [-0.1, -0.05) is 0 Å². The highest BCUT2D eigenvalue weighted by Crippen LogP contribution is 2.39. The zero-order chi connectivity index (χ0) is 11.8. The first-order valence-corrected chi connectivity index (χ1v) is 5.58. The Labute approximate surface area is 97.9 Å². The van der Waals surface area contributed by atoms with Crippen molar-refractivity contribution in [3.63, 3.8) is 0 Å². The number of benzene rings is 1. The summed E-state index contributed by atoms with van der Waals surface area (Å²) in [7, 11) is 0. The average molecular weight is 230 g/mol. The van der Waals surface area contributed by atoms with Crippen LogP contribution in [0.3, 0.4) is 0 Å². The minimum atomic E-state index is -0.431. The van der Waals surface area contributed by atoms with Gasteiger partial charge in [0.25, 0.3) is 0 Å². The van der Waals surface area contributed by atoms with E-state index in [2.05, 4.69) is 5.10 Å². The fourth-order valence-corrected chi connectivity index (χ4v) is 1.85. The van der Waals surface area contributed by atoms with E-state index in [-0.39, 0.29) is 0 Å². The van der Waals surface area contributed by atoms with Gasteiger partial charge in [-0.3, -0.25) is 4.79 Å². The van der Waals surface area contributed by atoms with Crippen LogP contribution in [-0.2, 0) is 0 Å². The molecule has 1 aromatic carbocycles. The van der Waals surface area contributed by atoms with Crippen LogP contribution in [0.4, 0.5) is 4.39 Å². The molecule has 3 rings (SSSR count). The van der Waals surface area contributed by atoms with Crippen LogP contribution in [0.2, 0.25) is 0 Å². The van der Waals surface area contributed by atoms with Gasteiger partial charge < -0.3 is 0 Å². The highest BCUT2D eigenvalue weighted by atomic mass is 19.1. The van der Waals surface area contributed by atoms with Gasteiger partial charge >= 0.3 is 0 Å². The predicted molar refractivity (Wildman–Crippen MR) is 60.9 cm³/mol. The van der Waals surface area contributed by atoms with Gasteiger partial charge in [0.1, 0.15) is 17.8 Å². The summed E-state index contributed by atoms with van der Waals surface area (Å²) in [5.74, 6) is 0.119. The Bertz CT molecular complexity index is 573. The molecule has 2 aromatic rings. The summed E-state index contributed by atoms with van der Waals surface area (Å²) in [4.78, 5) is 10.5. The number of carbonyl (C=O) groups is 1. The van der Waals surface area contributed by atoms with Crippen LogP contribution >= 0.6 is 0 Å². The molecule has 1 fully saturated rings. The van der Waals surface area contributed by atoms with Gasteiger partial charge in [0.05, 0.1) is 5.69 Å². The Morgan fingerprint density at radius 3 is 2.82 bits per heavy atom. The third kappa shape index (κ3) is 1.86. The number of hydrogen-bond donors (Lipinski definition) is 0. The summed E-state index contributed by atoms with van der Waals surface area (Å²) >= 11 is 0. The van der Waals surface area contributed by atoms with E-state index in [1.807, 2.05) is 6.07 Å². The van der Waals surface area contributed by atoms with Crippen LogP contribution < -0.4 is 0 Å². The van der Waals surface area contributed by atoms with Crippen molar-refractivity contribution in [3.8, 4) is 5.69 Å². The first-order chi connectivity index (χ1) is 8.28. The van der Waals surface area contributed by atoms with Crippen LogP contribution in [0, 0.1) is 5.82 Å². The van der Waals surface area contributed by atoms with Crippen molar-refractivity contribution < 1.29 is 9.18 Å². The largest absolute Gasteiger partial charge is 0.298 e. The Kier molecular flexibility index (Phi) is 2.28. The van der Waals surface area contributed by atoms with E-state index in [0.717, 1.165) is 5.69 Å². The summed E-state index contributed by atoms with van der Waals surface area (Å²) in [6, 6.07) is 6.30. The van der Waals surface area contributed by atoms with Crippen molar-refractivity contribution in [2.24, 2.45) is 0 Å². The molecule has 0 N–H and O–H groups in total. The second-order valence-electron chi connectivity index (χ2n) is 4.29. The van der Waals surface area contributed by atoms with Crippen LogP contribution in [0.1, 0.15) is 34.8 Å². The second kappa shape index (κ2) is 3.80. The van der Waals surface area contributed by atoms with Gasteiger partial charge in [-0.05, 0) is 37.1 Å². The summed E-state index contributed by atoms with van der Waals surface area (Å²) in [6.07, 6.45) is 4.73. The zero-order valence-electron chi connectivity index (χ0n) is 9.14. The number of halogens is 1. The summed E-state index contributed by atoms with van der Waals surface area (Å²) in [6.45, 7) is 0. The molecule has 1 heterocycles. The lowest BCUT2D eigenvalue weighted by Gasteiger charge is -2.03. The zero-order valence-corrected chi connectivity index (χ0v) is 9.14. The van der Waals surface area contributed by atoms with Crippen molar-refractivity contribution in [2.75, 3.05) is 0 Å². The molecule has 4 heteroatoms. The molecule has 1 aromatic heterocycles. The van der Waals surface area contributed by atoms with Crippen molar-refractivity contribution in [1.82, 2.24) is 9.78 Å². The normalized spacial score (nSPS) is 14.9. The molecule has 86 valence electrons. The number of nitrogens with zero attached hydrogens (tertiary/aromatic N) is 2. The third-order valence-electron chi connectivity index (χ3n) is 2.96. The molecule has 0 aliphatic heterocycles. The molecule has 0 saturated heterocycles. The minimum Gasteiger partial charge on any atom is -0.298 e. The molecular weight excluding hydrogens is 219 g/mol. The smallest absolute Gasteiger partial charge is 0.150 e. The van der Waals surface area contributed by atoms with E-state index < -0.39 is 5.82 Å². The fraction of sp³-hybridized carbons (Fsp3) is 0.231. The Morgan fingerprint density at radius 1 is 1.35 bits per heavy atom. The van der Waals surface area contributed by atoms with Crippen LogP contribution in [0.15, 0.2) is 30.5 Å². The van der Waals surface area contributed by atoms with E-state index in [9.17, 15) is 9.18 Å². The molecule has 1 saturated carbocycles. The lowest BCUT2D eigenvalue weighted by atomic mass is 10.2. The number of carbonyl (C=O) groups excluding carboxylic acids is 1. The highest BCUT2D eigenvalue weighted by molar-refractivity contribution is 5.75. The molecule has 0 bridgehead atoms. The van der Waals surface area contributed by atoms with E-state index in [1.165, 1.54) is 23.6 Å². The molecule has 0 radical (unpaired) electrons. The van der Waals surface area contributed by atoms with E-state index >= 15 is 0 Å². The van der Waals surface area contributed by atoms with Gasteiger partial charge in [-0.15, -0.1) is 0 Å². The van der Waals surface area contributed by atoms with Crippen molar-refractivity contribution in [3.05, 3.63) is 47.5 Å². The molecule has 0 atom stereocenters. The minimum absolute atomic E-state index is 0.334. The Balaban J connectivity index is 1.98. The lowest BCUT2D eigenvalue weighted by Crippen LogP contribution is -2.00. The van der Waals surface area contributed by atoms with Crippen LogP contribution in [0.25, 0.3) is 5.69 Å². The number of rotatable bonds is 3. The van der Waals surface area contributed by atoms with Crippen molar-refractivity contribution >= 4 is 6.29 Å². The highest BCUT2D eigenvalue weighted by Gasteiger charge is 2.26. The maximum atomic E-state index is 13.7. The molecule has 1 aliphatic rings. The third-order valence-corrected chi connectivity index (χ3v) is 2.96. The molecular formula is C13H11FN2O. The average Bonchev–Trinajstić information content (AvgIpc) is 3.08. The second-order valence-corrected chi connectivity index (χ2v) is 4.29. The van der Waals surface area contributed by atoms with Gasteiger partial charge in [0.2, 0.25) is 0 Å².